The fraction of sp³-hybridized carbons (Fsp3) is 0.389. The first-order chi connectivity index (χ1) is 10.8. The van der Waals surface area contributed by atoms with E-state index in [2.05, 4.69) is 33.9 Å². The molecule has 1 aromatic heterocycles. The zero-order chi connectivity index (χ0) is 15.4. The van der Waals surface area contributed by atoms with Gasteiger partial charge in [-0.15, -0.1) is 31.4 Å². The number of halogens is 3. The first-order valence-electron chi connectivity index (χ1n) is 7.90. The Morgan fingerprint density at radius 3 is 2.67 bits per heavy atom. The van der Waals surface area contributed by atoms with E-state index in [0.29, 0.717) is 11.2 Å². The maximum absolute atomic E-state index is 6.52. The van der Waals surface area contributed by atoms with Crippen molar-refractivity contribution in [1.82, 2.24) is 15.2 Å². The molecule has 1 saturated heterocycles. The number of piperazine rings is 1. The molecule has 132 valence electrons. The van der Waals surface area contributed by atoms with Crippen molar-refractivity contribution in [2.45, 2.75) is 18.9 Å². The number of rotatable bonds is 5. The lowest BCUT2D eigenvalue weighted by Gasteiger charge is -2.35. The SMILES string of the molecule is C=CCC[C@H](c1cc2ccccc2nc1Cl)N1CCNCC1.Cl.Cl. The number of fused-ring (bicyclic) bond motifs is 1. The number of nitrogens with one attached hydrogen (secondary N) is 1. The molecule has 1 atom stereocenters. The summed E-state index contributed by atoms with van der Waals surface area (Å²) < 4.78 is 0. The molecule has 3 nitrogen and oxygen atoms in total. The van der Waals surface area contributed by atoms with Gasteiger partial charge in [0.25, 0.3) is 0 Å². The maximum atomic E-state index is 6.52. The summed E-state index contributed by atoms with van der Waals surface area (Å²) in [5, 5.41) is 5.20. The van der Waals surface area contributed by atoms with Crippen molar-refractivity contribution in [3.05, 3.63) is 53.7 Å². The number of nitrogens with zero attached hydrogens (tertiary/aromatic N) is 2. The molecule has 1 aliphatic heterocycles. The fourth-order valence-electron chi connectivity index (χ4n) is 3.15. The number of pyridine rings is 1. The Kier molecular flexibility index (Phi) is 9.03. The highest BCUT2D eigenvalue weighted by Crippen LogP contribution is 2.32. The van der Waals surface area contributed by atoms with Crippen LogP contribution in [-0.2, 0) is 0 Å². The highest BCUT2D eigenvalue weighted by atomic mass is 35.5. The van der Waals surface area contributed by atoms with E-state index in [0.717, 1.165) is 55.5 Å². The average molecular weight is 389 g/mol. The minimum atomic E-state index is 0. The van der Waals surface area contributed by atoms with Crippen molar-refractivity contribution >= 4 is 47.3 Å². The van der Waals surface area contributed by atoms with Gasteiger partial charge in [-0.3, -0.25) is 4.90 Å². The number of hydrogen-bond donors (Lipinski definition) is 1. The van der Waals surface area contributed by atoms with E-state index in [9.17, 15) is 0 Å². The zero-order valence-electron chi connectivity index (χ0n) is 13.6. The van der Waals surface area contributed by atoms with Crippen LogP contribution in [0.3, 0.4) is 0 Å². The summed E-state index contributed by atoms with van der Waals surface area (Å²) >= 11 is 6.52. The molecule has 0 radical (unpaired) electrons. The van der Waals surface area contributed by atoms with Crippen molar-refractivity contribution in [3.63, 3.8) is 0 Å². The van der Waals surface area contributed by atoms with E-state index in [1.54, 1.807) is 0 Å². The van der Waals surface area contributed by atoms with E-state index in [-0.39, 0.29) is 24.8 Å². The summed E-state index contributed by atoms with van der Waals surface area (Å²) in [6, 6.07) is 10.7. The molecule has 1 aliphatic rings. The molecule has 1 N–H and O–H groups in total. The third-order valence-corrected chi connectivity index (χ3v) is 4.60. The smallest absolute Gasteiger partial charge is 0.134 e. The van der Waals surface area contributed by atoms with Crippen molar-refractivity contribution < 1.29 is 0 Å². The van der Waals surface area contributed by atoms with Gasteiger partial charge in [0.15, 0.2) is 0 Å². The van der Waals surface area contributed by atoms with Crippen LogP contribution in [0.4, 0.5) is 0 Å². The number of aromatic nitrogens is 1. The Morgan fingerprint density at radius 1 is 1.25 bits per heavy atom. The molecule has 2 aromatic rings. The maximum Gasteiger partial charge on any atom is 0.134 e. The number of allylic oxidation sites excluding steroid dienone is 1. The second-order valence-corrected chi connectivity index (χ2v) is 6.09. The molecule has 0 amide bonds. The third-order valence-electron chi connectivity index (χ3n) is 4.30. The molecule has 0 unspecified atom stereocenters. The zero-order valence-corrected chi connectivity index (χ0v) is 16.0. The largest absolute Gasteiger partial charge is 0.314 e. The van der Waals surface area contributed by atoms with Crippen molar-refractivity contribution in [2.75, 3.05) is 26.2 Å². The summed E-state index contributed by atoms with van der Waals surface area (Å²) in [6.45, 7) is 8.02. The van der Waals surface area contributed by atoms with E-state index in [1.807, 2.05) is 24.3 Å². The van der Waals surface area contributed by atoms with E-state index < -0.39 is 0 Å². The molecule has 0 bridgehead atoms. The van der Waals surface area contributed by atoms with Gasteiger partial charge in [0, 0.05) is 43.2 Å². The first-order valence-corrected chi connectivity index (χ1v) is 8.28. The predicted molar refractivity (Wildman–Crippen MR) is 108 cm³/mol. The van der Waals surface area contributed by atoms with Crippen molar-refractivity contribution in [2.24, 2.45) is 0 Å². The van der Waals surface area contributed by atoms with Crippen LogP contribution in [0.1, 0.15) is 24.4 Å². The molecule has 3 rings (SSSR count). The average Bonchev–Trinajstić information content (AvgIpc) is 2.56. The van der Waals surface area contributed by atoms with Gasteiger partial charge in [0.2, 0.25) is 0 Å². The van der Waals surface area contributed by atoms with Crippen LogP contribution in [0, 0.1) is 0 Å². The predicted octanol–water partition coefficient (Wildman–Crippen LogP) is 4.64. The van der Waals surface area contributed by atoms with Crippen molar-refractivity contribution in [1.29, 1.82) is 0 Å². The molecule has 0 saturated carbocycles. The van der Waals surface area contributed by atoms with Gasteiger partial charge in [0.05, 0.1) is 5.52 Å². The van der Waals surface area contributed by atoms with Gasteiger partial charge in [-0.1, -0.05) is 35.9 Å². The van der Waals surface area contributed by atoms with Gasteiger partial charge in [0.1, 0.15) is 5.15 Å². The first kappa shape index (κ1) is 21.2. The van der Waals surface area contributed by atoms with Gasteiger partial charge < -0.3 is 5.32 Å². The monoisotopic (exact) mass is 387 g/mol. The Morgan fingerprint density at radius 2 is 1.96 bits per heavy atom. The van der Waals surface area contributed by atoms with Crippen LogP contribution >= 0.6 is 36.4 Å². The lowest BCUT2D eigenvalue weighted by Crippen LogP contribution is -2.45. The Labute approximate surface area is 161 Å². The second kappa shape index (κ2) is 10.2. The summed E-state index contributed by atoms with van der Waals surface area (Å²) in [5.41, 5.74) is 2.10. The summed E-state index contributed by atoms with van der Waals surface area (Å²) in [7, 11) is 0. The Balaban J connectivity index is 0.00000144. The summed E-state index contributed by atoms with van der Waals surface area (Å²) in [6.07, 6.45) is 4.00. The van der Waals surface area contributed by atoms with Gasteiger partial charge in [-0.05, 0) is 25.0 Å². The van der Waals surface area contributed by atoms with Crippen LogP contribution in [0.25, 0.3) is 10.9 Å². The molecule has 6 heteroatoms. The van der Waals surface area contributed by atoms with E-state index in [1.165, 1.54) is 0 Å². The van der Waals surface area contributed by atoms with Crippen LogP contribution < -0.4 is 5.32 Å². The minimum Gasteiger partial charge on any atom is -0.314 e. The molecule has 0 spiro atoms. The highest BCUT2D eigenvalue weighted by molar-refractivity contribution is 6.30. The molecule has 2 heterocycles. The Hall–Kier alpha value is -0.840. The summed E-state index contributed by atoms with van der Waals surface area (Å²) in [4.78, 5) is 7.11. The molecule has 0 aliphatic carbocycles. The third kappa shape index (κ3) is 4.84. The van der Waals surface area contributed by atoms with Gasteiger partial charge in [-0.25, -0.2) is 4.98 Å². The lowest BCUT2D eigenvalue weighted by atomic mass is 9.99. The lowest BCUT2D eigenvalue weighted by molar-refractivity contribution is 0.166. The van der Waals surface area contributed by atoms with Crippen LogP contribution in [0.15, 0.2) is 43.0 Å². The van der Waals surface area contributed by atoms with Crippen LogP contribution in [0.5, 0.6) is 0 Å². The van der Waals surface area contributed by atoms with Crippen LogP contribution in [-0.4, -0.2) is 36.1 Å². The molecule has 1 aromatic carbocycles. The van der Waals surface area contributed by atoms with Gasteiger partial charge >= 0.3 is 0 Å². The highest BCUT2D eigenvalue weighted by Gasteiger charge is 2.24. The number of hydrogen-bond acceptors (Lipinski definition) is 3. The Bertz CT molecular complexity index is 657. The fourth-order valence-corrected chi connectivity index (χ4v) is 3.42. The number of benzene rings is 1. The normalized spacial score (nSPS) is 16.0. The van der Waals surface area contributed by atoms with Crippen LogP contribution in [0.2, 0.25) is 5.15 Å². The quantitative estimate of drug-likeness (QED) is 0.597. The minimum absolute atomic E-state index is 0. The van der Waals surface area contributed by atoms with Gasteiger partial charge in [-0.2, -0.15) is 0 Å². The molecular weight excluding hydrogens is 365 g/mol. The molecule has 24 heavy (non-hydrogen) atoms. The standard InChI is InChI=1S/C18H22ClN3.2ClH/c1-2-3-8-17(22-11-9-20-10-12-22)15-13-14-6-4-5-7-16(14)21-18(15)19;;/h2,4-7,13,17,20H,1,3,8-12H2;2*1H/t17-;;/m1../s1. The molecule has 1 fully saturated rings. The second-order valence-electron chi connectivity index (χ2n) is 5.73. The topological polar surface area (TPSA) is 28.2 Å². The van der Waals surface area contributed by atoms with E-state index >= 15 is 0 Å². The number of para-hydroxylation sites is 1. The van der Waals surface area contributed by atoms with Crippen molar-refractivity contribution in [3.8, 4) is 0 Å². The van der Waals surface area contributed by atoms with E-state index in [4.69, 9.17) is 11.6 Å². The molecular formula is C18H24Cl3N3. The summed E-state index contributed by atoms with van der Waals surface area (Å²) in [5.74, 6) is 0.